The molecule has 0 bridgehead atoms. The van der Waals surface area contributed by atoms with Crippen molar-refractivity contribution in [3.63, 3.8) is 0 Å². The molecule has 0 heterocycles. The first-order chi connectivity index (χ1) is 13.8. The van der Waals surface area contributed by atoms with Gasteiger partial charge in [-0.2, -0.15) is 0 Å². The van der Waals surface area contributed by atoms with Gasteiger partial charge in [-0.25, -0.2) is 4.79 Å². The van der Waals surface area contributed by atoms with Crippen molar-refractivity contribution < 1.29 is 39.3 Å². The molecule has 8 N–H and O–H groups in total. The second-order valence-corrected chi connectivity index (χ2v) is 7.70. The predicted molar refractivity (Wildman–Crippen MR) is 105 cm³/mol. The van der Waals surface area contributed by atoms with E-state index >= 15 is 0 Å². The van der Waals surface area contributed by atoms with E-state index in [0.29, 0.717) is 0 Å². The van der Waals surface area contributed by atoms with Crippen molar-refractivity contribution in [3.8, 4) is 0 Å². The number of rotatable bonds is 13. The Hall–Kier alpha value is -2.73. The molecule has 172 valence electrons. The molecule has 0 spiro atoms. The van der Waals surface area contributed by atoms with Crippen LogP contribution in [0.1, 0.15) is 40.5 Å². The van der Waals surface area contributed by atoms with Gasteiger partial charge in [0, 0.05) is 0 Å². The Bertz CT molecular complexity index is 638. The standard InChI is InChI=1S/C18H32N4O8/c1-8(2)5-10(20-17(28)14(19)9(3)4)15(26)22-12(7-23)16(27)21-11(18(29)30)6-13(24)25/h8-12,14,23H,5-7,19H2,1-4H3,(H,20,28)(H,21,27)(H,22,26)(H,24,25)(H,29,30). The van der Waals surface area contributed by atoms with Crippen LogP contribution in [0.3, 0.4) is 0 Å². The monoisotopic (exact) mass is 432 g/mol. The minimum atomic E-state index is -1.74. The zero-order valence-electron chi connectivity index (χ0n) is 17.5. The highest BCUT2D eigenvalue weighted by Crippen LogP contribution is 2.07. The van der Waals surface area contributed by atoms with Gasteiger partial charge in [-0.3, -0.25) is 19.2 Å². The molecule has 30 heavy (non-hydrogen) atoms. The second kappa shape index (κ2) is 12.8. The molecular weight excluding hydrogens is 400 g/mol. The second-order valence-electron chi connectivity index (χ2n) is 7.70. The molecule has 0 aliphatic rings. The highest BCUT2D eigenvalue weighted by molar-refractivity contribution is 5.94. The minimum Gasteiger partial charge on any atom is -0.481 e. The highest BCUT2D eigenvalue weighted by atomic mass is 16.4. The molecule has 0 aromatic rings. The molecule has 0 aliphatic carbocycles. The summed E-state index contributed by atoms with van der Waals surface area (Å²) in [6.45, 7) is 6.24. The Balaban J connectivity index is 5.26. The normalized spacial score (nSPS) is 15.1. The van der Waals surface area contributed by atoms with Crippen LogP contribution >= 0.6 is 0 Å². The summed E-state index contributed by atoms with van der Waals surface area (Å²) in [5, 5.41) is 33.9. The number of amides is 3. The Labute approximate surface area is 174 Å². The third-order valence-corrected chi connectivity index (χ3v) is 4.17. The molecule has 0 saturated heterocycles. The van der Waals surface area contributed by atoms with Crippen molar-refractivity contribution in [2.24, 2.45) is 17.6 Å². The van der Waals surface area contributed by atoms with E-state index in [0.717, 1.165) is 0 Å². The predicted octanol–water partition coefficient (Wildman–Crippen LogP) is -1.98. The number of hydrogen-bond donors (Lipinski definition) is 7. The lowest BCUT2D eigenvalue weighted by Gasteiger charge is -2.25. The van der Waals surface area contributed by atoms with E-state index in [1.807, 2.05) is 19.2 Å². The molecule has 4 atom stereocenters. The Morgan fingerprint density at radius 3 is 1.67 bits per heavy atom. The van der Waals surface area contributed by atoms with Crippen LogP contribution in [0.2, 0.25) is 0 Å². The minimum absolute atomic E-state index is 0.00955. The summed E-state index contributed by atoms with van der Waals surface area (Å²) in [5.41, 5.74) is 5.79. The van der Waals surface area contributed by atoms with Crippen LogP contribution < -0.4 is 21.7 Å². The van der Waals surface area contributed by atoms with Crippen molar-refractivity contribution >= 4 is 29.7 Å². The van der Waals surface area contributed by atoms with Gasteiger partial charge < -0.3 is 37.0 Å². The van der Waals surface area contributed by atoms with Crippen LogP contribution in [0.15, 0.2) is 0 Å². The van der Waals surface area contributed by atoms with Crippen LogP contribution in [0.5, 0.6) is 0 Å². The molecule has 0 aromatic carbocycles. The summed E-state index contributed by atoms with van der Waals surface area (Å²) < 4.78 is 0. The lowest BCUT2D eigenvalue weighted by molar-refractivity contribution is -0.147. The van der Waals surface area contributed by atoms with Gasteiger partial charge in [-0.15, -0.1) is 0 Å². The molecule has 0 saturated carbocycles. The fourth-order valence-corrected chi connectivity index (χ4v) is 2.39. The number of nitrogens with two attached hydrogens (primary N) is 1. The molecule has 0 aromatic heterocycles. The first kappa shape index (κ1) is 27.3. The maximum Gasteiger partial charge on any atom is 0.326 e. The van der Waals surface area contributed by atoms with Crippen molar-refractivity contribution in [2.45, 2.75) is 64.7 Å². The average molecular weight is 432 g/mol. The Morgan fingerprint density at radius 2 is 1.27 bits per heavy atom. The summed E-state index contributed by atoms with van der Waals surface area (Å²) in [4.78, 5) is 58.9. The first-order valence-corrected chi connectivity index (χ1v) is 9.52. The van der Waals surface area contributed by atoms with Gasteiger partial charge in [0.05, 0.1) is 19.1 Å². The Kier molecular flexibility index (Phi) is 11.6. The number of aliphatic carboxylic acids is 2. The van der Waals surface area contributed by atoms with Crippen molar-refractivity contribution in [1.82, 2.24) is 16.0 Å². The zero-order chi connectivity index (χ0) is 23.6. The van der Waals surface area contributed by atoms with Crippen LogP contribution in [0.4, 0.5) is 0 Å². The SMILES string of the molecule is CC(C)CC(NC(=O)C(N)C(C)C)C(=O)NC(CO)C(=O)NC(CC(=O)O)C(=O)O. The van der Waals surface area contributed by atoms with Crippen molar-refractivity contribution in [3.05, 3.63) is 0 Å². The number of carbonyl (C=O) groups is 5. The molecule has 0 fully saturated rings. The maximum atomic E-state index is 12.6. The number of carbonyl (C=O) groups excluding carboxylic acids is 3. The number of carboxylic acids is 2. The van der Waals surface area contributed by atoms with E-state index in [9.17, 15) is 29.1 Å². The number of hydrogen-bond acceptors (Lipinski definition) is 7. The third kappa shape index (κ3) is 9.65. The molecule has 0 aliphatic heterocycles. The first-order valence-electron chi connectivity index (χ1n) is 9.52. The quantitative estimate of drug-likeness (QED) is 0.172. The van der Waals surface area contributed by atoms with Crippen LogP contribution in [-0.2, 0) is 24.0 Å². The van der Waals surface area contributed by atoms with Gasteiger partial charge in [0.15, 0.2) is 0 Å². The lowest BCUT2D eigenvalue weighted by atomic mass is 10.00. The van der Waals surface area contributed by atoms with Gasteiger partial charge >= 0.3 is 11.9 Å². The van der Waals surface area contributed by atoms with Gasteiger partial charge in [-0.05, 0) is 18.3 Å². The fraction of sp³-hybridized carbons (Fsp3) is 0.722. The van der Waals surface area contributed by atoms with E-state index < -0.39 is 66.9 Å². The van der Waals surface area contributed by atoms with Gasteiger partial charge in [0.1, 0.15) is 18.1 Å². The summed E-state index contributed by atoms with van der Waals surface area (Å²) in [6, 6.07) is -5.18. The molecule has 12 nitrogen and oxygen atoms in total. The highest BCUT2D eigenvalue weighted by Gasteiger charge is 2.31. The molecular formula is C18H32N4O8. The topological polar surface area (TPSA) is 208 Å². The molecule has 0 rings (SSSR count). The van der Waals surface area contributed by atoms with E-state index in [1.54, 1.807) is 13.8 Å². The van der Waals surface area contributed by atoms with Crippen molar-refractivity contribution in [2.75, 3.05) is 6.61 Å². The number of aliphatic hydroxyl groups excluding tert-OH is 1. The maximum absolute atomic E-state index is 12.6. The van der Waals surface area contributed by atoms with Crippen LogP contribution in [0.25, 0.3) is 0 Å². The van der Waals surface area contributed by atoms with E-state index in [-0.39, 0.29) is 18.3 Å². The smallest absolute Gasteiger partial charge is 0.326 e. The summed E-state index contributed by atoms with van der Waals surface area (Å²) in [5.74, 6) is -5.62. The van der Waals surface area contributed by atoms with Crippen molar-refractivity contribution in [1.29, 1.82) is 0 Å². The molecule has 4 unspecified atom stereocenters. The molecule has 12 heteroatoms. The van der Waals surface area contributed by atoms with E-state index in [1.165, 1.54) is 0 Å². The van der Waals surface area contributed by atoms with Crippen LogP contribution in [-0.4, -0.2) is 75.8 Å². The summed E-state index contributed by atoms with van der Waals surface area (Å²) in [7, 11) is 0. The van der Waals surface area contributed by atoms with E-state index in [2.05, 4.69) is 10.6 Å². The van der Waals surface area contributed by atoms with Crippen LogP contribution in [0, 0.1) is 11.8 Å². The Morgan fingerprint density at radius 1 is 0.800 bits per heavy atom. The lowest BCUT2D eigenvalue weighted by Crippen LogP contribution is -2.58. The number of aliphatic hydroxyl groups is 1. The number of carboxylic acid groups (broad SMARTS) is 2. The number of nitrogens with one attached hydrogen (secondary N) is 3. The third-order valence-electron chi connectivity index (χ3n) is 4.17. The van der Waals surface area contributed by atoms with E-state index in [4.69, 9.17) is 15.9 Å². The zero-order valence-corrected chi connectivity index (χ0v) is 17.5. The largest absolute Gasteiger partial charge is 0.481 e. The van der Waals surface area contributed by atoms with Gasteiger partial charge in [0.25, 0.3) is 0 Å². The summed E-state index contributed by atoms with van der Waals surface area (Å²) in [6.07, 6.45) is -0.661. The molecule has 3 amide bonds. The summed E-state index contributed by atoms with van der Waals surface area (Å²) >= 11 is 0. The fourth-order valence-electron chi connectivity index (χ4n) is 2.39. The van der Waals surface area contributed by atoms with Gasteiger partial charge in [0.2, 0.25) is 17.7 Å². The van der Waals surface area contributed by atoms with Gasteiger partial charge in [-0.1, -0.05) is 27.7 Å². The average Bonchev–Trinajstić information content (AvgIpc) is 2.62. The molecule has 0 radical (unpaired) electrons.